The predicted octanol–water partition coefficient (Wildman–Crippen LogP) is 0.404. The number of pyridine rings is 1. The van der Waals surface area contributed by atoms with Crippen LogP contribution in [-0.2, 0) is 13.2 Å². The molecule has 0 aliphatic carbocycles. The Morgan fingerprint density at radius 1 is 1.15 bits per heavy atom. The molecule has 3 rings (SSSR count). The van der Waals surface area contributed by atoms with Crippen LogP contribution in [0.2, 0.25) is 0 Å². The smallest absolute Gasteiger partial charge is 0.204 e. The molecule has 8 nitrogen and oxygen atoms in total. The maximum absolute atomic E-state index is 10.1. The molecule has 2 heterocycles. The van der Waals surface area contributed by atoms with E-state index in [0.29, 0.717) is 37.9 Å². The van der Waals surface area contributed by atoms with Gasteiger partial charge in [0.15, 0.2) is 6.61 Å². The van der Waals surface area contributed by atoms with Crippen molar-refractivity contribution >= 4 is 17.0 Å². The van der Waals surface area contributed by atoms with E-state index < -0.39 is 0 Å². The van der Waals surface area contributed by atoms with Crippen LogP contribution in [0.1, 0.15) is 11.3 Å². The molecule has 0 saturated carbocycles. The summed E-state index contributed by atoms with van der Waals surface area (Å²) >= 11 is 0. The molecule has 0 amide bonds. The lowest BCUT2D eigenvalue weighted by molar-refractivity contribution is 0.282. The summed E-state index contributed by atoms with van der Waals surface area (Å²) in [7, 11) is 0. The standard InChI is InChI=1S/C18H23N5O3/c24-9-8-19-6-7-21-18-22-14-10-13(12-25)3-4-16(14)23(18)11-15-17(26)2-1-5-20-15/h1-5,10,19,24-26H,6-9,11-12H2,(H,21,22)/p+1. The number of anilines is 1. The van der Waals surface area contributed by atoms with Crippen LogP contribution in [0, 0.1) is 0 Å². The minimum atomic E-state index is -0.0381. The maximum Gasteiger partial charge on any atom is 0.204 e. The fraction of sp³-hybridized carbons (Fsp3) is 0.333. The molecule has 0 aliphatic heterocycles. The summed E-state index contributed by atoms with van der Waals surface area (Å²) in [4.78, 5) is 8.89. The Hall–Kier alpha value is -2.68. The Kier molecular flexibility index (Phi) is 6.00. The molecule has 8 heteroatoms. The number of benzene rings is 1. The molecule has 6 N–H and O–H groups in total. The van der Waals surface area contributed by atoms with E-state index in [1.807, 2.05) is 22.8 Å². The van der Waals surface area contributed by atoms with Gasteiger partial charge in [0.25, 0.3) is 0 Å². The van der Waals surface area contributed by atoms with E-state index in [-0.39, 0.29) is 12.4 Å². The number of hydrogen-bond acceptors (Lipinski definition) is 6. The number of imidazole rings is 1. The first-order valence-electron chi connectivity index (χ1n) is 8.55. The fourth-order valence-corrected chi connectivity index (χ4v) is 2.75. The molecular formula is C18H24N5O3+. The molecule has 0 saturated heterocycles. The summed E-state index contributed by atoms with van der Waals surface area (Å²) in [5, 5.41) is 33.0. The van der Waals surface area contributed by atoms with Gasteiger partial charge in [0.1, 0.15) is 11.4 Å². The van der Waals surface area contributed by atoms with Gasteiger partial charge in [-0.1, -0.05) is 6.07 Å². The van der Waals surface area contributed by atoms with Gasteiger partial charge in [-0.25, -0.2) is 4.98 Å². The van der Waals surface area contributed by atoms with Crippen LogP contribution in [0.15, 0.2) is 36.5 Å². The number of aliphatic hydroxyl groups excluding tert-OH is 1. The van der Waals surface area contributed by atoms with Crippen LogP contribution in [0.5, 0.6) is 5.75 Å². The van der Waals surface area contributed by atoms with Gasteiger partial charge in [-0.15, -0.1) is 0 Å². The van der Waals surface area contributed by atoms with E-state index in [0.717, 1.165) is 23.1 Å². The zero-order chi connectivity index (χ0) is 18.4. The highest BCUT2D eigenvalue weighted by atomic mass is 16.3. The Labute approximate surface area is 151 Å². The van der Waals surface area contributed by atoms with Gasteiger partial charge in [-0.2, -0.15) is 0 Å². The first-order valence-corrected chi connectivity index (χ1v) is 8.55. The van der Waals surface area contributed by atoms with Crippen molar-refractivity contribution in [2.45, 2.75) is 13.2 Å². The molecule has 0 fully saturated rings. The monoisotopic (exact) mass is 358 g/mol. The summed E-state index contributed by atoms with van der Waals surface area (Å²) < 4.78 is 1.96. The number of aromatic nitrogens is 3. The fourth-order valence-electron chi connectivity index (χ4n) is 2.75. The number of rotatable bonds is 9. The molecule has 0 radical (unpaired) electrons. The molecule has 0 bridgehead atoms. The minimum Gasteiger partial charge on any atom is -0.506 e. The highest BCUT2D eigenvalue weighted by Crippen LogP contribution is 2.24. The van der Waals surface area contributed by atoms with E-state index in [9.17, 15) is 10.2 Å². The average molecular weight is 358 g/mol. The summed E-state index contributed by atoms with van der Waals surface area (Å²) in [6.45, 7) is 2.72. The third-order valence-corrected chi connectivity index (χ3v) is 4.06. The van der Waals surface area contributed by atoms with Crippen molar-refractivity contribution in [3.05, 3.63) is 47.8 Å². The van der Waals surface area contributed by atoms with Gasteiger partial charge in [0.05, 0.1) is 30.7 Å². The third-order valence-electron chi connectivity index (χ3n) is 4.06. The molecule has 0 atom stereocenters. The molecular weight excluding hydrogens is 334 g/mol. The second kappa shape index (κ2) is 8.61. The zero-order valence-electron chi connectivity index (χ0n) is 14.4. The van der Waals surface area contributed by atoms with Gasteiger partial charge < -0.3 is 30.5 Å². The van der Waals surface area contributed by atoms with Crippen molar-refractivity contribution in [3.8, 4) is 5.75 Å². The summed E-state index contributed by atoms with van der Waals surface area (Å²) in [6.07, 6.45) is 1.65. The normalized spacial score (nSPS) is 11.2. The average Bonchev–Trinajstić information content (AvgIpc) is 3.00. The maximum atomic E-state index is 10.1. The van der Waals surface area contributed by atoms with Crippen LogP contribution in [0.3, 0.4) is 0 Å². The largest absolute Gasteiger partial charge is 0.506 e. The lowest BCUT2D eigenvalue weighted by atomic mass is 10.2. The SMILES string of the molecule is OCc1ccc2c(c1)nc(NCCNCC[OH2+])n2Cc1ncccc1O. The number of fused-ring (bicyclic) bond motifs is 1. The number of nitrogens with one attached hydrogen (secondary N) is 2. The second-order valence-corrected chi connectivity index (χ2v) is 5.90. The molecule has 3 aromatic rings. The van der Waals surface area contributed by atoms with E-state index in [4.69, 9.17) is 5.11 Å². The summed E-state index contributed by atoms with van der Waals surface area (Å²) in [5.74, 6) is 0.817. The van der Waals surface area contributed by atoms with Crippen LogP contribution >= 0.6 is 0 Å². The molecule has 138 valence electrons. The van der Waals surface area contributed by atoms with Gasteiger partial charge in [-0.05, 0) is 29.8 Å². The van der Waals surface area contributed by atoms with Crippen molar-refractivity contribution in [2.24, 2.45) is 0 Å². The van der Waals surface area contributed by atoms with Crippen LogP contribution < -0.4 is 10.6 Å². The van der Waals surface area contributed by atoms with Gasteiger partial charge in [0, 0.05) is 19.3 Å². The van der Waals surface area contributed by atoms with Crippen LogP contribution in [-0.4, -0.2) is 56.1 Å². The molecule has 0 aliphatic rings. The van der Waals surface area contributed by atoms with Gasteiger partial charge in [0.2, 0.25) is 5.95 Å². The summed E-state index contributed by atoms with van der Waals surface area (Å²) in [5.41, 5.74) is 3.03. The lowest BCUT2D eigenvalue weighted by Crippen LogP contribution is -2.25. The first-order chi connectivity index (χ1) is 12.7. The van der Waals surface area contributed by atoms with Crippen molar-refractivity contribution in [1.29, 1.82) is 0 Å². The lowest BCUT2D eigenvalue weighted by Gasteiger charge is -2.11. The van der Waals surface area contributed by atoms with E-state index in [1.165, 1.54) is 0 Å². The Bertz CT molecular complexity index is 865. The minimum absolute atomic E-state index is 0.0381. The summed E-state index contributed by atoms with van der Waals surface area (Å²) in [6, 6.07) is 8.93. The Balaban J connectivity index is 1.89. The predicted molar refractivity (Wildman–Crippen MR) is 100 cm³/mol. The van der Waals surface area contributed by atoms with Crippen molar-refractivity contribution in [3.63, 3.8) is 0 Å². The Morgan fingerprint density at radius 2 is 2.04 bits per heavy atom. The number of hydrogen-bond donors (Lipinski definition) is 4. The quantitative estimate of drug-likeness (QED) is 0.325. The number of nitrogens with zero attached hydrogens (tertiary/aromatic N) is 3. The first kappa shape index (κ1) is 18.1. The van der Waals surface area contributed by atoms with Crippen molar-refractivity contribution < 1.29 is 15.3 Å². The van der Waals surface area contributed by atoms with Crippen molar-refractivity contribution in [1.82, 2.24) is 19.9 Å². The highest BCUT2D eigenvalue weighted by Gasteiger charge is 2.13. The highest BCUT2D eigenvalue weighted by molar-refractivity contribution is 5.79. The molecule has 0 spiro atoms. The number of aliphatic hydroxyl groups is 1. The third kappa shape index (κ3) is 4.10. The van der Waals surface area contributed by atoms with E-state index in [1.54, 1.807) is 18.3 Å². The zero-order valence-corrected chi connectivity index (χ0v) is 14.4. The topological polar surface area (TPSA) is 118 Å². The van der Waals surface area contributed by atoms with Crippen LogP contribution in [0.4, 0.5) is 5.95 Å². The number of aromatic hydroxyl groups is 1. The second-order valence-electron chi connectivity index (χ2n) is 5.90. The van der Waals surface area contributed by atoms with Crippen LogP contribution in [0.25, 0.3) is 11.0 Å². The van der Waals surface area contributed by atoms with Gasteiger partial charge in [-0.3, -0.25) is 4.98 Å². The molecule has 0 unspecified atom stereocenters. The Morgan fingerprint density at radius 3 is 2.81 bits per heavy atom. The van der Waals surface area contributed by atoms with E-state index >= 15 is 0 Å². The molecule has 26 heavy (non-hydrogen) atoms. The molecule has 1 aromatic carbocycles. The van der Waals surface area contributed by atoms with Gasteiger partial charge >= 0.3 is 0 Å². The van der Waals surface area contributed by atoms with E-state index in [2.05, 4.69) is 20.6 Å². The van der Waals surface area contributed by atoms with Crippen molar-refractivity contribution in [2.75, 3.05) is 31.6 Å². The molecule has 2 aromatic heterocycles.